The summed E-state index contributed by atoms with van der Waals surface area (Å²) < 4.78 is 0. The van der Waals surface area contributed by atoms with Crippen LogP contribution in [0, 0.1) is 5.92 Å². The van der Waals surface area contributed by atoms with E-state index in [0.29, 0.717) is 30.5 Å². The van der Waals surface area contributed by atoms with E-state index in [1.807, 2.05) is 6.92 Å². The lowest BCUT2D eigenvalue weighted by molar-refractivity contribution is 0.0739. The normalized spacial score (nSPS) is 10.4. The Bertz CT molecular complexity index is 363. The number of nitrogens with one attached hydrogen (secondary N) is 1. The van der Waals surface area contributed by atoms with Crippen LogP contribution >= 0.6 is 0 Å². The molecule has 0 saturated carbocycles. The lowest BCUT2D eigenvalue weighted by atomic mass is 10.2. The first-order valence-electron chi connectivity index (χ1n) is 5.66. The predicted molar refractivity (Wildman–Crippen MR) is 66.3 cm³/mol. The second-order valence-electron chi connectivity index (χ2n) is 4.17. The molecule has 3 N–H and O–H groups in total. The monoisotopic (exact) mass is 237 g/mol. The summed E-state index contributed by atoms with van der Waals surface area (Å²) in [6.45, 7) is 7.47. The van der Waals surface area contributed by atoms with E-state index in [1.54, 1.807) is 4.90 Å². The van der Waals surface area contributed by atoms with E-state index < -0.39 is 0 Å². The lowest BCUT2D eigenvalue weighted by Gasteiger charge is -2.22. The van der Waals surface area contributed by atoms with Crippen molar-refractivity contribution in [1.82, 2.24) is 14.9 Å². The van der Waals surface area contributed by atoms with Crippen LogP contribution in [0.4, 0.5) is 5.82 Å². The molecule has 1 aromatic rings. The molecule has 0 aromatic carbocycles. The molecule has 0 spiro atoms. The Labute approximate surface area is 101 Å². The summed E-state index contributed by atoms with van der Waals surface area (Å²) in [4.78, 5) is 21.8. The molecule has 0 atom stereocenters. The largest absolute Gasteiger partial charge is 0.337 e. The van der Waals surface area contributed by atoms with Gasteiger partial charge in [-0.1, -0.05) is 13.8 Å². The molecule has 17 heavy (non-hydrogen) atoms. The molecule has 6 heteroatoms. The number of aromatic nitrogens is 2. The number of nitrogens with two attached hydrogens (primary N) is 1. The van der Waals surface area contributed by atoms with Gasteiger partial charge in [-0.05, 0) is 12.8 Å². The van der Waals surface area contributed by atoms with Gasteiger partial charge in [-0.15, -0.1) is 0 Å². The highest BCUT2D eigenvalue weighted by molar-refractivity contribution is 5.92. The Balaban J connectivity index is 2.78. The summed E-state index contributed by atoms with van der Waals surface area (Å²) in [6.07, 6.45) is 2.87. The highest BCUT2D eigenvalue weighted by Gasteiger charge is 2.16. The smallest absolute Gasteiger partial charge is 0.274 e. The summed E-state index contributed by atoms with van der Waals surface area (Å²) in [5.41, 5.74) is 2.71. The van der Waals surface area contributed by atoms with Gasteiger partial charge in [0.15, 0.2) is 5.82 Å². The highest BCUT2D eigenvalue weighted by atomic mass is 16.2. The third kappa shape index (κ3) is 3.67. The van der Waals surface area contributed by atoms with E-state index >= 15 is 0 Å². The molecule has 1 aromatic heterocycles. The Hall–Kier alpha value is -1.69. The zero-order valence-electron chi connectivity index (χ0n) is 10.5. The Morgan fingerprint density at radius 3 is 2.59 bits per heavy atom. The van der Waals surface area contributed by atoms with Crippen molar-refractivity contribution in [3.05, 3.63) is 18.1 Å². The van der Waals surface area contributed by atoms with E-state index in [-0.39, 0.29) is 5.91 Å². The van der Waals surface area contributed by atoms with Crippen LogP contribution < -0.4 is 11.3 Å². The average molecular weight is 237 g/mol. The number of hydrazine groups is 1. The van der Waals surface area contributed by atoms with Crippen molar-refractivity contribution in [2.45, 2.75) is 20.8 Å². The van der Waals surface area contributed by atoms with Crippen LogP contribution in [0.2, 0.25) is 0 Å². The molecule has 0 radical (unpaired) electrons. The fourth-order valence-corrected chi connectivity index (χ4v) is 1.47. The fraction of sp³-hybridized carbons (Fsp3) is 0.545. The molecule has 1 amide bonds. The third-order valence-electron chi connectivity index (χ3n) is 2.27. The molecular formula is C11H19N5O. The standard InChI is InChI=1S/C11H19N5O/c1-4-16(7-8(2)3)11(17)9-5-14-10(15-12)6-13-9/h5-6,8H,4,7,12H2,1-3H3,(H,14,15). The summed E-state index contributed by atoms with van der Waals surface area (Å²) >= 11 is 0. The summed E-state index contributed by atoms with van der Waals surface area (Å²) in [5, 5.41) is 0. The van der Waals surface area contributed by atoms with Gasteiger partial charge in [0, 0.05) is 13.1 Å². The molecule has 6 nitrogen and oxygen atoms in total. The molecule has 0 aliphatic heterocycles. The van der Waals surface area contributed by atoms with Gasteiger partial charge in [0.05, 0.1) is 12.4 Å². The zero-order valence-corrected chi connectivity index (χ0v) is 10.5. The van der Waals surface area contributed by atoms with Crippen molar-refractivity contribution in [2.24, 2.45) is 11.8 Å². The number of carbonyl (C=O) groups excluding carboxylic acids is 1. The minimum atomic E-state index is -0.0997. The number of anilines is 1. The Morgan fingerprint density at radius 1 is 1.47 bits per heavy atom. The van der Waals surface area contributed by atoms with Gasteiger partial charge in [0.1, 0.15) is 5.69 Å². The number of hydrogen-bond acceptors (Lipinski definition) is 5. The molecule has 0 bridgehead atoms. The van der Waals surface area contributed by atoms with Gasteiger partial charge in [-0.3, -0.25) is 4.79 Å². The number of hydrogen-bond donors (Lipinski definition) is 2. The Morgan fingerprint density at radius 2 is 2.18 bits per heavy atom. The molecule has 1 heterocycles. The zero-order chi connectivity index (χ0) is 12.8. The highest BCUT2D eigenvalue weighted by Crippen LogP contribution is 2.06. The van der Waals surface area contributed by atoms with Crippen molar-refractivity contribution in [3.63, 3.8) is 0 Å². The summed E-state index contributed by atoms with van der Waals surface area (Å²) in [7, 11) is 0. The minimum Gasteiger partial charge on any atom is -0.337 e. The molecular weight excluding hydrogens is 218 g/mol. The minimum absolute atomic E-state index is 0.0997. The lowest BCUT2D eigenvalue weighted by Crippen LogP contribution is -2.34. The van der Waals surface area contributed by atoms with Crippen LogP contribution in [0.3, 0.4) is 0 Å². The van der Waals surface area contributed by atoms with Gasteiger partial charge in [0.25, 0.3) is 5.91 Å². The number of nitrogens with zero attached hydrogens (tertiary/aromatic N) is 3. The van der Waals surface area contributed by atoms with Gasteiger partial charge < -0.3 is 10.3 Å². The molecule has 0 saturated heterocycles. The van der Waals surface area contributed by atoms with E-state index in [9.17, 15) is 4.79 Å². The van der Waals surface area contributed by atoms with Gasteiger partial charge in [-0.2, -0.15) is 0 Å². The van der Waals surface area contributed by atoms with E-state index in [1.165, 1.54) is 12.4 Å². The fourth-order valence-electron chi connectivity index (χ4n) is 1.47. The first-order chi connectivity index (χ1) is 8.08. The maximum Gasteiger partial charge on any atom is 0.274 e. The molecule has 0 aliphatic carbocycles. The van der Waals surface area contributed by atoms with Crippen LogP contribution in [0.15, 0.2) is 12.4 Å². The molecule has 0 aliphatic rings. The predicted octanol–water partition coefficient (Wildman–Crippen LogP) is 0.880. The van der Waals surface area contributed by atoms with Crippen LogP contribution in [0.25, 0.3) is 0 Å². The SMILES string of the molecule is CCN(CC(C)C)C(=O)c1cnc(NN)cn1. The second kappa shape index (κ2) is 6.15. The number of nitrogen functional groups attached to an aromatic ring is 1. The molecule has 1 rings (SSSR count). The van der Waals surface area contributed by atoms with Crippen molar-refractivity contribution in [1.29, 1.82) is 0 Å². The average Bonchev–Trinajstić information content (AvgIpc) is 2.35. The summed E-state index contributed by atoms with van der Waals surface area (Å²) in [6, 6.07) is 0. The van der Waals surface area contributed by atoms with Crippen molar-refractivity contribution in [2.75, 3.05) is 18.5 Å². The van der Waals surface area contributed by atoms with Crippen LogP contribution in [0.1, 0.15) is 31.3 Å². The second-order valence-corrected chi connectivity index (χ2v) is 4.17. The van der Waals surface area contributed by atoms with E-state index in [2.05, 4.69) is 29.2 Å². The summed E-state index contributed by atoms with van der Waals surface area (Å²) in [5.74, 6) is 5.95. The Kier molecular flexibility index (Phi) is 4.84. The molecule has 0 unspecified atom stereocenters. The van der Waals surface area contributed by atoms with Crippen LogP contribution in [0.5, 0.6) is 0 Å². The first kappa shape index (κ1) is 13.4. The van der Waals surface area contributed by atoms with E-state index in [4.69, 9.17) is 5.84 Å². The number of rotatable bonds is 5. The number of carbonyl (C=O) groups is 1. The topological polar surface area (TPSA) is 84.1 Å². The maximum atomic E-state index is 12.1. The van der Waals surface area contributed by atoms with Crippen molar-refractivity contribution in [3.8, 4) is 0 Å². The molecule has 0 fully saturated rings. The van der Waals surface area contributed by atoms with Gasteiger partial charge in [0.2, 0.25) is 0 Å². The first-order valence-corrected chi connectivity index (χ1v) is 5.66. The van der Waals surface area contributed by atoms with Crippen LogP contribution in [-0.4, -0.2) is 33.9 Å². The van der Waals surface area contributed by atoms with Crippen LogP contribution in [-0.2, 0) is 0 Å². The van der Waals surface area contributed by atoms with Gasteiger partial charge in [-0.25, -0.2) is 15.8 Å². The molecule has 94 valence electrons. The van der Waals surface area contributed by atoms with Crippen molar-refractivity contribution >= 4 is 11.7 Å². The van der Waals surface area contributed by atoms with Gasteiger partial charge >= 0.3 is 0 Å². The number of amides is 1. The quantitative estimate of drug-likeness (QED) is 0.586. The third-order valence-corrected chi connectivity index (χ3v) is 2.27. The maximum absolute atomic E-state index is 12.1. The van der Waals surface area contributed by atoms with Crippen molar-refractivity contribution < 1.29 is 4.79 Å². The van der Waals surface area contributed by atoms with E-state index in [0.717, 1.165) is 0 Å².